The number of hydrogen-bond acceptors (Lipinski definition) is 4. The van der Waals surface area contributed by atoms with Crippen molar-refractivity contribution in [2.75, 3.05) is 11.4 Å². The van der Waals surface area contributed by atoms with E-state index in [-0.39, 0.29) is 6.61 Å². The lowest BCUT2D eigenvalue weighted by molar-refractivity contribution is 0.276. The van der Waals surface area contributed by atoms with E-state index in [2.05, 4.69) is 11.8 Å². The van der Waals surface area contributed by atoms with Gasteiger partial charge in [-0.3, -0.25) is 4.40 Å². The molecule has 0 amide bonds. The van der Waals surface area contributed by atoms with Gasteiger partial charge in [0.25, 0.3) is 0 Å². The molecule has 1 unspecified atom stereocenters. The predicted octanol–water partition coefficient (Wildman–Crippen LogP) is 2.66. The average Bonchev–Trinajstić information content (AvgIpc) is 2.86. The third kappa shape index (κ3) is 1.91. The van der Waals surface area contributed by atoms with Gasteiger partial charge in [0.1, 0.15) is 0 Å². The lowest BCUT2D eigenvalue weighted by Gasteiger charge is -2.28. The predicted molar refractivity (Wildman–Crippen MR) is 74.3 cm³/mol. The first-order chi connectivity index (χ1) is 8.81. The topological polar surface area (TPSA) is 40.8 Å². The van der Waals surface area contributed by atoms with Crippen LogP contribution in [0.4, 0.5) is 5.82 Å². The molecule has 3 rings (SSSR count). The number of aliphatic hydroxyl groups excluding tert-OH is 1. The summed E-state index contributed by atoms with van der Waals surface area (Å²) in [6.45, 7) is 3.37. The SMILES string of the molecule is CC1CCCCCN1c1nc2sccn2c1CO. The Hall–Kier alpha value is -1.07. The molecule has 0 saturated carbocycles. The molecular formula is C13H19N3OS. The number of rotatable bonds is 2. The molecule has 2 aromatic rings. The van der Waals surface area contributed by atoms with Crippen LogP contribution < -0.4 is 4.90 Å². The van der Waals surface area contributed by atoms with Gasteiger partial charge in [0.2, 0.25) is 0 Å². The van der Waals surface area contributed by atoms with Gasteiger partial charge in [0.15, 0.2) is 10.8 Å². The van der Waals surface area contributed by atoms with Crippen LogP contribution in [0.1, 0.15) is 38.3 Å². The van der Waals surface area contributed by atoms with Crippen LogP contribution in [0.5, 0.6) is 0 Å². The molecule has 5 heteroatoms. The summed E-state index contributed by atoms with van der Waals surface area (Å²) in [5.41, 5.74) is 0.931. The van der Waals surface area contributed by atoms with Gasteiger partial charge in [0.05, 0.1) is 12.3 Å². The third-order valence-electron chi connectivity index (χ3n) is 3.81. The van der Waals surface area contributed by atoms with Crippen LogP contribution in [0.3, 0.4) is 0 Å². The monoisotopic (exact) mass is 265 g/mol. The van der Waals surface area contributed by atoms with Gasteiger partial charge in [-0.25, -0.2) is 4.98 Å². The lowest BCUT2D eigenvalue weighted by atomic mass is 10.1. The molecule has 0 aliphatic carbocycles. The zero-order valence-corrected chi connectivity index (χ0v) is 11.5. The molecule has 0 aromatic carbocycles. The normalized spacial score (nSPS) is 21.4. The fourth-order valence-electron chi connectivity index (χ4n) is 2.79. The molecule has 3 heterocycles. The Morgan fingerprint density at radius 1 is 1.44 bits per heavy atom. The highest BCUT2D eigenvalue weighted by Gasteiger charge is 2.23. The Bertz CT molecular complexity index is 533. The van der Waals surface area contributed by atoms with Crippen molar-refractivity contribution in [1.29, 1.82) is 0 Å². The Kier molecular flexibility index (Phi) is 3.26. The fraction of sp³-hybridized carbons (Fsp3) is 0.615. The largest absolute Gasteiger partial charge is 0.390 e. The third-order valence-corrected chi connectivity index (χ3v) is 4.57. The molecule has 18 heavy (non-hydrogen) atoms. The first kappa shape index (κ1) is 12.0. The molecule has 1 atom stereocenters. The van der Waals surface area contributed by atoms with E-state index in [1.165, 1.54) is 25.7 Å². The van der Waals surface area contributed by atoms with Crippen LogP contribution in [-0.4, -0.2) is 27.1 Å². The summed E-state index contributed by atoms with van der Waals surface area (Å²) in [5, 5.41) is 11.6. The fourth-order valence-corrected chi connectivity index (χ4v) is 3.52. The van der Waals surface area contributed by atoms with E-state index < -0.39 is 0 Å². The van der Waals surface area contributed by atoms with E-state index in [9.17, 15) is 5.11 Å². The van der Waals surface area contributed by atoms with Crippen molar-refractivity contribution in [2.45, 2.75) is 45.3 Å². The molecule has 1 fully saturated rings. The molecule has 0 spiro atoms. The van der Waals surface area contributed by atoms with Crippen LogP contribution in [0.15, 0.2) is 11.6 Å². The molecule has 0 radical (unpaired) electrons. The molecule has 1 aliphatic heterocycles. The minimum atomic E-state index is 0.0520. The molecule has 2 aromatic heterocycles. The van der Waals surface area contributed by atoms with E-state index in [4.69, 9.17) is 4.98 Å². The Morgan fingerprint density at radius 2 is 2.33 bits per heavy atom. The number of fused-ring (bicyclic) bond motifs is 1. The highest BCUT2D eigenvalue weighted by atomic mass is 32.1. The second kappa shape index (κ2) is 4.90. The molecule has 1 aliphatic rings. The molecule has 1 N–H and O–H groups in total. The number of thiazole rings is 1. The van der Waals surface area contributed by atoms with E-state index in [0.717, 1.165) is 23.0 Å². The highest BCUT2D eigenvalue weighted by molar-refractivity contribution is 7.15. The van der Waals surface area contributed by atoms with E-state index in [0.29, 0.717) is 6.04 Å². The van der Waals surface area contributed by atoms with Crippen LogP contribution in [0.25, 0.3) is 4.96 Å². The van der Waals surface area contributed by atoms with Gasteiger partial charge in [-0.1, -0.05) is 12.8 Å². The number of anilines is 1. The van der Waals surface area contributed by atoms with E-state index in [1.54, 1.807) is 11.3 Å². The summed E-state index contributed by atoms with van der Waals surface area (Å²) in [4.78, 5) is 8.06. The van der Waals surface area contributed by atoms with Gasteiger partial charge in [-0.2, -0.15) is 0 Å². The zero-order chi connectivity index (χ0) is 12.5. The van der Waals surface area contributed by atoms with Crippen molar-refractivity contribution in [3.05, 3.63) is 17.3 Å². The Morgan fingerprint density at radius 3 is 3.17 bits per heavy atom. The number of nitrogens with zero attached hydrogens (tertiary/aromatic N) is 3. The minimum absolute atomic E-state index is 0.0520. The van der Waals surface area contributed by atoms with Gasteiger partial charge in [-0.15, -0.1) is 11.3 Å². The van der Waals surface area contributed by atoms with Crippen LogP contribution in [-0.2, 0) is 6.61 Å². The van der Waals surface area contributed by atoms with Crippen LogP contribution in [0.2, 0.25) is 0 Å². The zero-order valence-electron chi connectivity index (χ0n) is 10.7. The maximum Gasteiger partial charge on any atom is 0.195 e. The molecule has 4 nitrogen and oxygen atoms in total. The quantitative estimate of drug-likeness (QED) is 0.907. The van der Waals surface area contributed by atoms with Crippen molar-refractivity contribution in [2.24, 2.45) is 0 Å². The number of imidazole rings is 1. The molecule has 1 saturated heterocycles. The average molecular weight is 265 g/mol. The van der Waals surface area contributed by atoms with E-state index >= 15 is 0 Å². The van der Waals surface area contributed by atoms with Gasteiger partial charge in [0, 0.05) is 24.2 Å². The Labute approximate surface area is 111 Å². The summed E-state index contributed by atoms with van der Waals surface area (Å²) in [7, 11) is 0. The highest BCUT2D eigenvalue weighted by Crippen LogP contribution is 2.29. The van der Waals surface area contributed by atoms with Crippen molar-refractivity contribution < 1.29 is 5.11 Å². The number of aromatic nitrogens is 2. The lowest BCUT2D eigenvalue weighted by Crippen LogP contribution is -2.33. The summed E-state index contributed by atoms with van der Waals surface area (Å²) < 4.78 is 2.01. The number of aliphatic hydroxyl groups is 1. The van der Waals surface area contributed by atoms with Gasteiger partial charge in [-0.05, 0) is 19.8 Å². The molecular weight excluding hydrogens is 246 g/mol. The van der Waals surface area contributed by atoms with Crippen molar-refractivity contribution in [3.63, 3.8) is 0 Å². The summed E-state index contributed by atoms with van der Waals surface area (Å²) in [6, 6.07) is 0.516. The Balaban J connectivity index is 2.03. The summed E-state index contributed by atoms with van der Waals surface area (Å²) >= 11 is 1.62. The van der Waals surface area contributed by atoms with Crippen molar-refractivity contribution in [1.82, 2.24) is 9.38 Å². The first-order valence-corrected chi connectivity index (χ1v) is 7.51. The maximum atomic E-state index is 9.63. The van der Waals surface area contributed by atoms with Crippen LogP contribution in [0, 0.1) is 0 Å². The summed E-state index contributed by atoms with van der Waals surface area (Å²) in [5.74, 6) is 0.985. The second-order valence-electron chi connectivity index (χ2n) is 4.99. The summed E-state index contributed by atoms with van der Waals surface area (Å²) in [6.07, 6.45) is 7.03. The van der Waals surface area contributed by atoms with Crippen molar-refractivity contribution >= 4 is 22.1 Å². The second-order valence-corrected chi connectivity index (χ2v) is 5.86. The minimum Gasteiger partial charge on any atom is -0.390 e. The molecule has 0 bridgehead atoms. The van der Waals surface area contributed by atoms with E-state index in [1.807, 2.05) is 16.0 Å². The standard InChI is InChI=1S/C13H19N3OS/c1-10-5-3-2-4-6-15(10)12-11(9-17)16-7-8-18-13(16)14-12/h7-8,10,17H,2-6,9H2,1H3. The number of hydrogen-bond donors (Lipinski definition) is 1. The van der Waals surface area contributed by atoms with Gasteiger partial charge < -0.3 is 10.0 Å². The van der Waals surface area contributed by atoms with Gasteiger partial charge >= 0.3 is 0 Å². The first-order valence-electron chi connectivity index (χ1n) is 6.63. The maximum absolute atomic E-state index is 9.63. The van der Waals surface area contributed by atoms with Crippen molar-refractivity contribution in [3.8, 4) is 0 Å². The molecule has 98 valence electrons. The smallest absolute Gasteiger partial charge is 0.195 e. The van der Waals surface area contributed by atoms with Crippen LogP contribution >= 0.6 is 11.3 Å².